The maximum Gasteiger partial charge on any atom is 0.416 e. The van der Waals surface area contributed by atoms with Crippen LogP contribution in [0.2, 0.25) is 0 Å². The third-order valence-electron chi connectivity index (χ3n) is 3.59. The van der Waals surface area contributed by atoms with Crippen molar-refractivity contribution in [1.29, 1.82) is 0 Å². The van der Waals surface area contributed by atoms with Crippen LogP contribution in [0.5, 0.6) is 11.5 Å². The average molecular weight is 378 g/mol. The molecule has 2 rings (SSSR count). The third kappa shape index (κ3) is 5.10. The largest absolute Gasteiger partial charge is 0.504 e. The number of hydrogen-bond donors (Lipinski definition) is 2. The van der Waals surface area contributed by atoms with Crippen LogP contribution in [0.25, 0.3) is 0 Å². The number of amides is 1. The van der Waals surface area contributed by atoms with E-state index in [9.17, 15) is 23.1 Å². The van der Waals surface area contributed by atoms with Crippen molar-refractivity contribution in [3.05, 3.63) is 71.3 Å². The van der Waals surface area contributed by atoms with Crippen LogP contribution >= 0.6 is 0 Å². The minimum Gasteiger partial charge on any atom is -0.504 e. The fourth-order valence-corrected chi connectivity index (χ4v) is 2.30. The van der Waals surface area contributed by atoms with Gasteiger partial charge >= 0.3 is 6.18 Å². The number of nitrogens with one attached hydrogen (secondary N) is 1. The van der Waals surface area contributed by atoms with Crippen molar-refractivity contribution in [1.82, 2.24) is 5.43 Å². The number of aromatic hydroxyl groups is 1. The van der Waals surface area contributed by atoms with Gasteiger partial charge in [0.25, 0.3) is 5.91 Å². The maximum atomic E-state index is 12.7. The van der Waals surface area contributed by atoms with Crippen molar-refractivity contribution in [2.24, 2.45) is 5.10 Å². The van der Waals surface area contributed by atoms with E-state index in [4.69, 9.17) is 4.74 Å². The molecule has 0 saturated heterocycles. The molecule has 2 aromatic carbocycles. The van der Waals surface area contributed by atoms with Gasteiger partial charge in [0, 0.05) is 11.1 Å². The summed E-state index contributed by atoms with van der Waals surface area (Å²) in [6.07, 6.45) is -1.25. The molecule has 2 N–H and O–H groups in total. The van der Waals surface area contributed by atoms with Gasteiger partial charge in [-0.2, -0.15) is 18.3 Å². The second-order valence-electron chi connectivity index (χ2n) is 5.50. The van der Waals surface area contributed by atoms with Crippen LogP contribution < -0.4 is 10.2 Å². The predicted molar refractivity (Wildman–Crippen MR) is 95.1 cm³/mol. The second-order valence-corrected chi connectivity index (χ2v) is 5.50. The molecule has 1 amide bonds. The molecule has 0 aliphatic carbocycles. The number of benzene rings is 2. The van der Waals surface area contributed by atoms with Crippen LogP contribution in [0.15, 0.2) is 54.2 Å². The van der Waals surface area contributed by atoms with Gasteiger partial charge in [0.05, 0.1) is 18.9 Å². The number of carbonyl (C=O) groups is 1. The van der Waals surface area contributed by atoms with Crippen LogP contribution in [-0.2, 0) is 12.6 Å². The van der Waals surface area contributed by atoms with Gasteiger partial charge in [-0.15, -0.1) is 6.58 Å². The Bertz CT molecular complexity index is 877. The molecule has 0 radical (unpaired) electrons. The van der Waals surface area contributed by atoms with Crippen LogP contribution in [0, 0.1) is 0 Å². The summed E-state index contributed by atoms with van der Waals surface area (Å²) in [6.45, 7) is 3.60. The Labute approximate surface area is 153 Å². The molecule has 0 bridgehead atoms. The number of hydrogen-bond acceptors (Lipinski definition) is 4. The molecule has 0 spiro atoms. The topological polar surface area (TPSA) is 70.9 Å². The van der Waals surface area contributed by atoms with Gasteiger partial charge in [0.15, 0.2) is 11.5 Å². The number of hydrazone groups is 1. The van der Waals surface area contributed by atoms with Crippen LogP contribution in [0.4, 0.5) is 13.2 Å². The number of methoxy groups -OCH3 is 1. The van der Waals surface area contributed by atoms with E-state index in [1.807, 2.05) is 0 Å². The van der Waals surface area contributed by atoms with Gasteiger partial charge in [0.1, 0.15) is 0 Å². The Morgan fingerprint density at radius 1 is 1.33 bits per heavy atom. The van der Waals surface area contributed by atoms with Gasteiger partial charge in [-0.05, 0) is 42.3 Å². The first-order valence-corrected chi connectivity index (χ1v) is 7.77. The van der Waals surface area contributed by atoms with Crippen molar-refractivity contribution in [2.75, 3.05) is 7.11 Å². The quantitative estimate of drug-likeness (QED) is 0.455. The molecule has 142 valence electrons. The Morgan fingerprint density at radius 2 is 2.07 bits per heavy atom. The van der Waals surface area contributed by atoms with Gasteiger partial charge in [-0.3, -0.25) is 4.79 Å². The van der Waals surface area contributed by atoms with E-state index >= 15 is 0 Å². The highest BCUT2D eigenvalue weighted by Crippen LogP contribution is 2.31. The molecule has 0 atom stereocenters. The molecule has 0 fully saturated rings. The molecule has 5 nitrogen and oxygen atoms in total. The third-order valence-corrected chi connectivity index (χ3v) is 3.59. The first kappa shape index (κ1) is 20.0. The van der Waals surface area contributed by atoms with Crippen molar-refractivity contribution < 1.29 is 27.8 Å². The SMILES string of the molecule is C=CCc1cc(/C=N\NC(=O)c2cccc(C(F)(F)F)c2)cc(OC)c1O. The van der Waals surface area contributed by atoms with E-state index in [0.29, 0.717) is 17.5 Å². The Kier molecular flexibility index (Phi) is 6.23. The summed E-state index contributed by atoms with van der Waals surface area (Å²) in [5.41, 5.74) is 2.15. The van der Waals surface area contributed by atoms with E-state index in [2.05, 4.69) is 17.1 Å². The number of carbonyl (C=O) groups excluding carboxylic acids is 1. The van der Waals surface area contributed by atoms with Crippen molar-refractivity contribution in [2.45, 2.75) is 12.6 Å². The first-order valence-electron chi connectivity index (χ1n) is 7.77. The molecule has 0 saturated carbocycles. The fraction of sp³-hybridized carbons (Fsp3) is 0.158. The zero-order chi connectivity index (χ0) is 20.0. The predicted octanol–water partition coefficient (Wildman–Crippen LogP) is 3.91. The number of allylic oxidation sites excluding steroid dienone is 1. The fourth-order valence-electron chi connectivity index (χ4n) is 2.30. The van der Waals surface area contributed by atoms with E-state index < -0.39 is 17.6 Å². The molecule has 2 aromatic rings. The maximum absolute atomic E-state index is 12.7. The van der Waals surface area contributed by atoms with Gasteiger partial charge in [-0.25, -0.2) is 5.43 Å². The molecular weight excluding hydrogens is 361 g/mol. The lowest BCUT2D eigenvalue weighted by molar-refractivity contribution is -0.137. The Hall–Kier alpha value is -3.29. The molecular formula is C19H17F3N2O3. The number of nitrogens with zero attached hydrogens (tertiary/aromatic N) is 1. The minimum atomic E-state index is -4.54. The lowest BCUT2D eigenvalue weighted by Crippen LogP contribution is -2.18. The van der Waals surface area contributed by atoms with E-state index in [1.165, 1.54) is 25.5 Å². The lowest BCUT2D eigenvalue weighted by Gasteiger charge is -2.09. The molecule has 0 unspecified atom stereocenters. The molecule has 0 aliphatic rings. The summed E-state index contributed by atoms with van der Waals surface area (Å²) in [6, 6.07) is 7.15. The summed E-state index contributed by atoms with van der Waals surface area (Å²) in [5.74, 6) is -0.586. The summed E-state index contributed by atoms with van der Waals surface area (Å²) < 4.78 is 43.2. The van der Waals surface area contributed by atoms with Gasteiger partial charge in [-0.1, -0.05) is 12.1 Å². The van der Waals surface area contributed by atoms with Crippen molar-refractivity contribution in [3.8, 4) is 11.5 Å². The average Bonchev–Trinajstić information content (AvgIpc) is 2.63. The Morgan fingerprint density at radius 3 is 2.70 bits per heavy atom. The molecule has 27 heavy (non-hydrogen) atoms. The second kappa shape index (κ2) is 8.39. The number of phenolic OH excluding ortho intramolecular Hbond substituents is 1. The zero-order valence-corrected chi connectivity index (χ0v) is 14.4. The lowest BCUT2D eigenvalue weighted by atomic mass is 10.1. The number of rotatable bonds is 6. The standard InChI is InChI=1S/C19H17F3N2O3/c1-3-5-13-8-12(9-16(27-2)17(13)25)11-23-24-18(26)14-6-4-7-15(10-14)19(20,21)22/h3-4,6-11,25H,1,5H2,2H3,(H,24,26)/b23-11-. The van der Waals surface area contributed by atoms with Crippen LogP contribution in [-0.4, -0.2) is 24.3 Å². The smallest absolute Gasteiger partial charge is 0.416 e. The highest BCUT2D eigenvalue weighted by molar-refractivity contribution is 5.95. The van der Waals surface area contributed by atoms with Crippen LogP contribution in [0.3, 0.4) is 0 Å². The highest BCUT2D eigenvalue weighted by Gasteiger charge is 2.30. The summed E-state index contributed by atoms with van der Waals surface area (Å²) >= 11 is 0. The first-order chi connectivity index (χ1) is 12.8. The highest BCUT2D eigenvalue weighted by atomic mass is 19.4. The van der Waals surface area contributed by atoms with E-state index in [-0.39, 0.29) is 17.1 Å². The zero-order valence-electron chi connectivity index (χ0n) is 14.4. The number of phenols is 1. The number of alkyl halides is 3. The summed E-state index contributed by atoms with van der Waals surface area (Å²) in [4.78, 5) is 12.0. The number of halogens is 3. The number of ether oxygens (including phenoxy) is 1. The Balaban J connectivity index is 2.16. The summed E-state index contributed by atoms with van der Waals surface area (Å²) in [5, 5.41) is 13.8. The molecule has 0 heterocycles. The van der Waals surface area contributed by atoms with Gasteiger partial charge in [0.2, 0.25) is 0 Å². The normalized spacial score (nSPS) is 11.4. The summed E-state index contributed by atoms with van der Waals surface area (Å²) in [7, 11) is 1.39. The monoisotopic (exact) mass is 378 g/mol. The van der Waals surface area contributed by atoms with Crippen LogP contribution in [0.1, 0.15) is 27.0 Å². The molecule has 8 heteroatoms. The van der Waals surface area contributed by atoms with Crippen molar-refractivity contribution in [3.63, 3.8) is 0 Å². The minimum absolute atomic E-state index is 0.0254. The molecule has 0 aliphatic heterocycles. The van der Waals surface area contributed by atoms with Gasteiger partial charge < -0.3 is 9.84 Å². The molecule has 0 aromatic heterocycles. The van der Waals surface area contributed by atoms with Crippen molar-refractivity contribution >= 4 is 12.1 Å². The van der Waals surface area contributed by atoms with E-state index in [0.717, 1.165) is 18.2 Å². The van der Waals surface area contributed by atoms with E-state index in [1.54, 1.807) is 12.1 Å².